The minimum atomic E-state index is -0.402. The highest BCUT2D eigenvalue weighted by Crippen LogP contribution is 2.20. The standard InChI is InChI=1S/C11H18O3/c1-7(2)14-11(12)10-5-8(3)9(4)6-13-10/h7,10H,5-6H2,1-4H3/t10-/m0/s1. The average molecular weight is 198 g/mol. The maximum absolute atomic E-state index is 11.5. The summed E-state index contributed by atoms with van der Waals surface area (Å²) in [5.41, 5.74) is 2.46. The number of esters is 1. The first-order valence-corrected chi connectivity index (χ1v) is 4.98. The quantitative estimate of drug-likeness (QED) is 0.503. The molecule has 1 heterocycles. The van der Waals surface area contributed by atoms with Gasteiger partial charge in [-0.1, -0.05) is 5.57 Å². The van der Waals surface area contributed by atoms with Gasteiger partial charge in [-0.25, -0.2) is 4.79 Å². The molecule has 0 aliphatic carbocycles. The molecule has 1 aliphatic rings. The summed E-state index contributed by atoms with van der Waals surface area (Å²) >= 11 is 0. The second-order valence-electron chi connectivity index (χ2n) is 4.05. The van der Waals surface area contributed by atoms with E-state index in [0.717, 1.165) is 0 Å². The topological polar surface area (TPSA) is 35.5 Å². The lowest BCUT2D eigenvalue weighted by molar-refractivity contribution is -0.161. The lowest BCUT2D eigenvalue weighted by Crippen LogP contribution is -2.32. The van der Waals surface area contributed by atoms with Gasteiger partial charge in [0, 0.05) is 6.42 Å². The van der Waals surface area contributed by atoms with Gasteiger partial charge < -0.3 is 9.47 Å². The van der Waals surface area contributed by atoms with Gasteiger partial charge in [-0.2, -0.15) is 0 Å². The molecule has 0 fully saturated rings. The maximum atomic E-state index is 11.5. The SMILES string of the molecule is CC1=C(C)C[C@@H](C(=O)OC(C)C)OC1. The molecule has 0 radical (unpaired) electrons. The van der Waals surface area contributed by atoms with Crippen molar-refractivity contribution in [2.45, 2.75) is 46.3 Å². The molecule has 80 valence electrons. The van der Waals surface area contributed by atoms with Crippen molar-refractivity contribution >= 4 is 5.97 Å². The predicted molar refractivity (Wildman–Crippen MR) is 54.0 cm³/mol. The smallest absolute Gasteiger partial charge is 0.335 e. The fourth-order valence-corrected chi connectivity index (χ4v) is 1.32. The number of rotatable bonds is 2. The van der Waals surface area contributed by atoms with Gasteiger partial charge in [0.15, 0.2) is 6.10 Å². The molecule has 14 heavy (non-hydrogen) atoms. The highest BCUT2D eigenvalue weighted by Gasteiger charge is 2.25. The highest BCUT2D eigenvalue weighted by atomic mass is 16.6. The van der Waals surface area contributed by atoms with E-state index in [2.05, 4.69) is 0 Å². The van der Waals surface area contributed by atoms with Crippen molar-refractivity contribution in [1.29, 1.82) is 0 Å². The Kier molecular flexibility index (Phi) is 3.69. The summed E-state index contributed by atoms with van der Waals surface area (Å²) in [4.78, 5) is 11.5. The average Bonchev–Trinajstić information content (AvgIpc) is 2.08. The monoisotopic (exact) mass is 198 g/mol. The van der Waals surface area contributed by atoms with Crippen LogP contribution in [-0.2, 0) is 14.3 Å². The fraction of sp³-hybridized carbons (Fsp3) is 0.727. The van der Waals surface area contributed by atoms with Crippen LogP contribution in [0.4, 0.5) is 0 Å². The molecule has 0 N–H and O–H groups in total. The third kappa shape index (κ3) is 2.84. The lowest BCUT2D eigenvalue weighted by Gasteiger charge is -2.24. The number of carbonyl (C=O) groups excluding carboxylic acids is 1. The van der Waals surface area contributed by atoms with Crippen LogP contribution in [0.3, 0.4) is 0 Å². The first-order valence-electron chi connectivity index (χ1n) is 4.98. The van der Waals surface area contributed by atoms with Crippen LogP contribution < -0.4 is 0 Å². The molecule has 0 unspecified atom stereocenters. The van der Waals surface area contributed by atoms with E-state index in [1.54, 1.807) is 0 Å². The van der Waals surface area contributed by atoms with Crippen molar-refractivity contribution in [3.63, 3.8) is 0 Å². The molecule has 1 rings (SSSR count). The van der Waals surface area contributed by atoms with Gasteiger partial charge in [-0.05, 0) is 33.3 Å². The zero-order chi connectivity index (χ0) is 10.7. The van der Waals surface area contributed by atoms with E-state index in [1.165, 1.54) is 11.1 Å². The van der Waals surface area contributed by atoms with Crippen LogP contribution >= 0.6 is 0 Å². The van der Waals surface area contributed by atoms with Crippen molar-refractivity contribution in [2.75, 3.05) is 6.61 Å². The number of hydrogen-bond donors (Lipinski definition) is 0. The van der Waals surface area contributed by atoms with Gasteiger partial charge in [-0.3, -0.25) is 0 Å². The van der Waals surface area contributed by atoms with Crippen molar-refractivity contribution in [3.8, 4) is 0 Å². The Hall–Kier alpha value is -0.830. The Labute approximate surface area is 85.1 Å². The maximum Gasteiger partial charge on any atom is 0.335 e. The van der Waals surface area contributed by atoms with Gasteiger partial charge in [0.05, 0.1) is 12.7 Å². The van der Waals surface area contributed by atoms with Crippen LogP contribution in [0.15, 0.2) is 11.1 Å². The van der Waals surface area contributed by atoms with Crippen LogP contribution in [0, 0.1) is 0 Å². The summed E-state index contributed by atoms with van der Waals surface area (Å²) < 4.78 is 10.5. The molecule has 0 saturated heterocycles. The molecule has 0 amide bonds. The summed E-state index contributed by atoms with van der Waals surface area (Å²) in [6, 6.07) is 0. The van der Waals surface area contributed by atoms with E-state index in [0.29, 0.717) is 13.0 Å². The Bertz CT molecular complexity index is 253. The van der Waals surface area contributed by atoms with Gasteiger partial charge >= 0.3 is 5.97 Å². The van der Waals surface area contributed by atoms with Crippen LogP contribution in [0.2, 0.25) is 0 Å². The molecule has 0 spiro atoms. The van der Waals surface area contributed by atoms with Crippen molar-refractivity contribution in [2.24, 2.45) is 0 Å². The summed E-state index contributed by atoms with van der Waals surface area (Å²) in [5, 5.41) is 0. The van der Waals surface area contributed by atoms with E-state index < -0.39 is 6.10 Å². The molecule has 0 aromatic heterocycles. The molecule has 0 aromatic carbocycles. The molecule has 1 atom stereocenters. The summed E-state index contributed by atoms with van der Waals surface area (Å²) in [6.45, 7) is 8.29. The van der Waals surface area contributed by atoms with Crippen LogP contribution in [0.25, 0.3) is 0 Å². The summed E-state index contributed by atoms with van der Waals surface area (Å²) in [6.07, 6.45) is 0.191. The normalized spacial score (nSPS) is 22.8. The molecule has 0 bridgehead atoms. The lowest BCUT2D eigenvalue weighted by atomic mass is 10.0. The molecule has 3 nitrogen and oxygen atoms in total. The Morgan fingerprint density at radius 2 is 2.07 bits per heavy atom. The Balaban J connectivity index is 2.53. The number of carbonyl (C=O) groups is 1. The van der Waals surface area contributed by atoms with E-state index in [1.807, 2.05) is 27.7 Å². The zero-order valence-corrected chi connectivity index (χ0v) is 9.29. The molecular weight excluding hydrogens is 180 g/mol. The van der Waals surface area contributed by atoms with Crippen LogP contribution in [0.1, 0.15) is 34.1 Å². The number of ether oxygens (including phenoxy) is 2. The third-order valence-electron chi connectivity index (χ3n) is 2.34. The minimum absolute atomic E-state index is 0.0709. The first-order chi connectivity index (χ1) is 6.50. The van der Waals surface area contributed by atoms with Gasteiger partial charge in [0.2, 0.25) is 0 Å². The largest absolute Gasteiger partial charge is 0.461 e. The van der Waals surface area contributed by atoms with Gasteiger partial charge in [-0.15, -0.1) is 0 Å². The molecule has 1 aliphatic heterocycles. The van der Waals surface area contributed by atoms with E-state index >= 15 is 0 Å². The second kappa shape index (κ2) is 4.60. The molecule has 0 saturated carbocycles. The molecule has 0 aromatic rings. The van der Waals surface area contributed by atoms with Gasteiger partial charge in [0.1, 0.15) is 0 Å². The third-order valence-corrected chi connectivity index (χ3v) is 2.34. The Morgan fingerprint density at radius 3 is 2.57 bits per heavy atom. The number of hydrogen-bond acceptors (Lipinski definition) is 3. The zero-order valence-electron chi connectivity index (χ0n) is 9.29. The van der Waals surface area contributed by atoms with Crippen molar-refractivity contribution in [1.82, 2.24) is 0 Å². The van der Waals surface area contributed by atoms with E-state index in [4.69, 9.17) is 9.47 Å². The van der Waals surface area contributed by atoms with E-state index in [9.17, 15) is 4.79 Å². The Morgan fingerprint density at radius 1 is 1.43 bits per heavy atom. The van der Waals surface area contributed by atoms with Gasteiger partial charge in [0.25, 0.3) is 0 Å². The predicted octanol–water partition coefficient (Wildman–Crippen LogP) is 2.06. The highest BCUT2D eigenvalue weighted by molar-refractivity contribution is 5.75. The summed E-state index contributed by atoms with van der Waals surface area (Å²) in [7, 11) is 0. The van der Waals surface area contributed by atoms with Crippen molar-refractivity contribution in [3.05, 3.63) is 11.1 Å². The minimum Gasteiger partial charge on any atom is -0.461 e. The molecule has 3 heteroatoms. The van der Waals surface area contributed by atoms with Crippen molar-refractivity contribution < 1.29 is 14.3 Å². The second-order valence-corrected chi connectivity index (χ2v) is 4.05. The molecular formula is C11H18O3. The first kappa shape index (κ1) is 11.2. The van der Waals surface area contributed by atoms with E-state index in [-0.39, 0.29) is 12.1 Å². The van der Waals surface area contributed by atoms with Crippen LogP contribution in [0.5, 0.6) is 0 Å². The summed E-state index contributed by atoms with van der Waals surface area (Å²) in [5.74, 6) is -0.244. The van der Waals surface area contributed by atoms with Crippen LogP contribution in [-0.4, -0.2) is 24.8 Å². The fourth-order valence-electron chi connectivity index (χ4n) is 1.32.